The second-order valence-corrected chi connectivity index (χ2v) is 12.1. The van der Waals surface area contributed by atoms with Gasteiger partial charge in [-0.1, -0.05) is 34.6 Å². The summed E-state index contributed by atoms with van der Waals surface area (Å²) in [6.07, 6.45) is 5.89. The van der Waals surface area contributed by atoms with E-state index in [0.29, 0.717) is 18.8 Å². The fourth-order valence-electron chi connectivity index (χ4n) is 6.64. The molecule has 30 heavy (non-hydrogen) atoms. The van der Waals surface area contributed by atoms with Crippen molar-refractivity contribution in [1.82, 2.24) is 0 Å². The molecule has 5 rings (SSSR count). The van der Waals surface area contributed by atoms with Crippen molar-refractivity contribution in [3.63, 3.8) is 0 Å². The maximum Gasteiger partial charge on any atom is 0.344 e. The summed E-state index contributed by atoms with van der Waals surface area (Å²) in [6, 6.07) is 0. The Balaban J connectivity index is 1.39. The lowest BCUT2D eigenvalue weighted by Gasteiger charge is -2.56. The minimum Gasteiger partial charge on any atom is -0.462 e. The monoisotopic (exact) mass is 420 g/mol. The van der Waals surface area contributed by atoms with E-state index >= 15 is 0 Å². The van der Waals surface area contributed by atoms with E-state index in [9.17, 15) is 14.4 Å². The van der Waals surface area contributed by atoms with Gasteiger partial charge < -0.3 is 14.2 Å². The Morgan fingerprint density at radius 3 is 2.43 bits per heavy atom. The van der Waals surface area contributed by atoms with Gasteiger partial charge in [0.15, 0.2) is 6.61 Å². The molecular formula is C24H36O6. The number of hydrogen-bond donors (Lipinski definition) is 0. The van der Waals surface area contributed by atoms with Crippen LogP contribution in [0.5, 0.6) is 0 Å². The summed E-state index contributed by atoms with van der Waals surface area (Å²) in [7, 11) is 0. The number of hydrogen-bond acceptors (Lipinski definition) is 6. The minimum absolute atomic E-state index is 0.0127. The van der Waals surface area contributed by atoms with E-state index < -0.39 is 17.0 Å². The van der Waals surface area contributed by atoms with E-state index in [1.54, 1.807) is 0 Å². The highest BCUT2D eigenvalue weighted by Gasteiger charge is 2.60. The Hall–Kier alpha value is -1.59. The van der Waals surface area contributed by atoms with Crippen molar-refractivity contribution in [3.05, 3.63) is 0 Å². The van der Waals surface area contributed by atoms with Crippen LogP contribution in [-0.2, 0) is 28.6 Å². The van der Waals surface area contributed by atoms with Crippen LogP contribution in [0, 0.1) is 28.1 Å². The van der Waals surface area contributed by atoms with Crippen molar-refractivity contribution < 1.29 is 28.6 Å². The molecular weight excluding hydrogens is 384 g/mol. The number of ether oxygens (including phenoxy) is 3. The topological polar surface area (TPSA) is 78.9 Å². The van der Waals surface area contributed by atoms with Gasteiger partial charge in [-0.3, -0.25) is 9.59 Å². The summed E-state index contributed by atoms with van der Waals surface area (Å²) in [5, 5.41) is 0. The summed E-state index contributed by atoms with van der Waals surface area (Å²) in [4.78, 5) is 38.0. The highest BCUT2D eigenvalue weighted by molar-refractivity contribution is 5.82. The van der Waals surface area contributed by atoms with Crippen LogP contribution < -0.4 is 0 Å². The Morgan fingerprint density at radius 1 is 1.10 bits per heavy atom. The van der Waals surface area contributed by atoms with Crippen molar-refractivity contribution in [3.8, 4) is 0 Å². The smallest absolute Gasteiger partial charge is 0.344 e. The largest absolute Gasteiger partial charge is 0.462 e. The molecule has 0 aromatic carbocycles. The van der Waals surface area contributed by atoms with Gasteiger partial charge in [-0.25, -0.2) is 4.79 Å². The number of carbonyl (C=O) groups is 3. The zero-order chi connectivity index (χ0) is 21.9. The van der Waals surface area contributed by atoms with Crippen molar-refractivity contribution in [1.29, 1.82) is 0 Å². The molecule has 0 amide bonds. The summed E-state index contributed by atoms with van der Waals surface area (Å²) < 4.78 is 17.0. The molecule has 5 atom stereocenters. The fraction of sp³-hybridized carbons (Fsp3) is 0.875. The van der Waals surface area contributed by atoms with Crippen LogP contribution in [0.2, 0.25) is 0 Å². The molecule has 2 aliphatic heterocycles. The zero-order valence-electron chi connectivity index (χ0n) is 19.0. The summed E-state index contributed by atoms with van der Waals surface area (Å²) in [6.45, 7) is 10.2. The number of esters is 3. The van der Waals surface area contributed by atoms with Gasteiger partial charge in [0.2, 0.25) is 0 Å². The molecule has 0 radical (unpaired) electrons. The van der Waals surface area contributed by atoms with Crippen LogP contribution in [0.1, 0.15) is 86.0 Å². The lowest BCUT2D eigenvalue weighted by molar-refractivity contribution is -0.194. The molecule has 2 heterocycles. The standard InChI is InChI=1S/C24H36O6/c1-21(2,3)14-24(7-6-22(24,4)5)20(27)28-13-18(25)30-23-10-15-8-16(11-23)19(26)29-17(9-15)12-23/h15-17H,6-14H2,1-5H3. The molecule has 3 aliphatic carbocycles. The van der Waals surface area contributed by atoms with E-state index in [2.05, 4.69) is 34.6 Å². The molecule has 0 aromatic heterocycles. The molecule has 0 spiro atoms. The number of fused-ring (bicyclic) bond motifs is 1. The third-order valence-electron chi connectivity index (χ3n) is 8.06. The Bertz CT molecular complexity index is 749. The molecule has 6 heteroatoms. The van der Waals surface area contributed by atoms with E-state index in [1.807, 2.05) is 0 Å². The Morgan fingerprint density at radius 2 is 1.83 bits per heavy atom. The third kappa shape index (κ3) is 3.75. The predicted molar refractivity (Wildman–Crippen MR) is 109 cm³/mol. The van der Waals surface area contributed by atoms with Gasteiger partial charge in [0.1, 0.15) is 11.7 Å². The molecule has 168 valence electrons. The Labute approximate surface area is 179 Å². The highest BCUT2D eigenvalue weighted by Crippen LogP contribution is 2.61. The predicted octanol–water partition coefficient (Wildman–Crippen LogP) is 4.19. The lowest BCUT2D eigenvalue weighted by atomic mass is 9.47. The minimum atomic E-state index is -0.648. The summed E-state index contributed by atoms with van der Waals surface area (Å²) in [5.41, 5.74) is -1.35. The molecule has 5 fully saturated rings. The molecule has 0 N–H and O–H groups in total. The van der Waals surface area contributed by atoms with Gasteiger partial charge in [0, 0.05) is 12.8 Å². The van der Waals surface area contributed by atoms with Gasteiger partial charge in [-0.2, -0.15) is 0 Å². The molecule has 5 aliphatic rings. The van der Waals surface area contributed by atoms with Crippen LogP contribution in [0.3, 0.4) is 0 Å². The number of carbonyl (C=O) groups excluding carboxylic acids is 3. The molecule has 3 saturated carbocycles. The number of rotatable bonds is 5. The van der Waals surface area contributed by atoms with Crippen molar-refractivity contribution >= 4 is 17.9 Å². The van der Waals surface area contributed by atoms with E-state index in [0.717, 1.165) is 38.5 Å². The first-order valence-corrected chi connectivity index (χ1v) is 11.4. The second kappa shape index (κ2) is 6.96. The van der Waals surface area contributed by atoms with Crippen LogP contribution in [0.15, 0.2) is 0 Å². The maximum absolute atomic E-state index is 13.1. The molecule has 2 saturated heterocycles. The van der Waals surface area contributed by atoms with Gasteiger partial charge in [-0.15, -0.1) is 0 Å². The van der Waals surface area contributed by atoms with Crippen molar-refractivity contribution in [2.75, 3.05) is 6.61 Å². The molecule has 4 bridgehead atoms. The average molecular weight is 421 g/mol. The lowest BCUT2D eigenvalue weighted by Crippen LogP contribution is -2.55. The Kier molecular flexibility index (Phi) is 5.02. The van der Waals surface area contributed by atoms with Gasteiger partial charge in [0.05, 0.1) is 11.3 Å². The first-order valence-electron chi connectivity index (χ1n) is 11.4. The third-order valence-corrected chi connectivity index (χ3v) is 8.06. The fourth-order valence-corrected chi connectivity index (χ4v) is 6.64. The van der Waals surface area contributed by atoms with Crippen LogP contribution in [0.25, 0.3) is 0 Å². The summed E-state index contributed by atoms with van der Waals surface area (Å²) in [5.74, 6) is -0.775. The molecule has 6 nitrogen and oxygen atoms in total. The van der Waals surface area contributed by atoms with Crippen molar-refractivity contribution in [2.45, 2.75) is 97.7 Å². The first kappa shape index (κ1) is 21.6. The van der Waals surface area contributed by atoms with E-state index in [4.69, 9.17) is 14.2 Å². The average Bonchev–Trinajstić information content (AvgIpc) is 2.76. The zero-order valence-corrected chi connectivity index (χ0v) is 19.0. The normalized spacial score (nSPS) is 39.0. The molecule has 0 aromatic rings. The second-order valence-electron chi connectivity index (χ2n) is 12.1. The molecule has 5 unspecified atom stereocenters. The van der Waals surface area contributed by atoms with Gasteiger partial charge in [0.25, 0.3) is 0 Å². The highest BCUT2D eigenvalue weighted by atomic mass is 16.6. The van der Waals surface area contributed by atoms with Gasteiger partial charge >= 0.3 is 17.9 Å². The maximum atomic E-state index is 13.1. The van der Waals surface area contributed by atoms with E-state index in [-0.39, 0.29) is 41.4 Å². The van der Waals surface area contributed by atoms with E-state index in [1.165, 1.54) is 0 Å². The quantitative estimate of drug-likeness (QED) is 0.490. The van der Waals surface area contributed by atoms with Crippen LogP contribution in [-0.4, -0.2) is 36.2 Å². The summed E-state index contributed by atoms with van der Waals surface area (Å²) >= 11 is 0. The first-order chi connectivity index (χ1) is 13.8. The van der Waals surface area contributed by atoms with Crippen LogP contribution in [0.4, 0.5) is 0 Å². The SMILES string of the molecule is CC(C)(C)CC1(C(=O)OCC(=O)OC23CC4CC(C2)OC(=O)C(C4)C3)CCC1(C)C. The van der Waals surface area contributed by atoms with Crippen molar-refractivity contribution in [2.24, 2.45) is 28.1 Å². The van der Waals surface area contributed by atoms with Crippen LogP contribution >= 0.6 is 0 Å². The van der Waals surface area contributed by atoms with Gasteiger partial charge in [-0.05, 0) is 55.3 Å².